The van der Waals surface area contributed by atoms with E-state index >= 15 is 0 Å². The van der Waals surface area contributed by atoms with E-state index in [1.807, 2.05) is 6.07 Å². The number of esters is 1. The first-order valence-corrected chi connectivity index (χ1v) is 8.40. The van der Waals surface area contributed by atoms with Crippen molar-refractivity contribution < 1.29 is 14.3 Å². The van der Waals surface area contributed by atoms with E-state index in [1.165, 1.54) is 4.57 Å². The molecule has 1 aliphatic rings. The van der Waals surface area contributed by atoms with Gasteiger partial charge in [0.05, 0.1) is 17.3 Å². The number of carbonyl (C=O) groups excluding carboxylic acids is 2. The molecule has 132 valence electrons. The topological polar surface area (TPSA) is 90.3 Å². The smallest absolute Gasteiger partial charge is 0.307 e. The van der Waals surface area contributed by atoms with Gasteiger partial charge >= 0.3 is 5.97 Å². The number of aryl methyl sites for hydroxylation is 1. The second-order valence-corrected chi connectivity index (χ2v) is 6.32. The Kier molecular flexibility index (Phi) is 4.83. The number of amides is 1. The first-order chi connectivity index (χ1) is 12.0. The van der Waals surface area contributed by atoms with E-state index < -0.39 is 12.1 Å². The van der Waals surface area contributed by atoms with Crippen LogP contribution in [0.2, 0.25) is 0 Å². The summed E-state index contributed by atoms with van der Waals surface area (Å²) < 4.78 is 6.60. The van der Waals surface area contributed by atoms with Crippen molar-refractivity contribution in [3.05, 3.63) is 40.4 Å². The molecule has 1 saturated carbocycles. The SMILES string of the molecule is C[C@H](OC(=O)CCc1nc2ccccc2c(=O)n1C)C(=O)NC1CC1. The third-order valence-electron chi connectivity index (χ3n) is 4.23. The standard InChI is InChI=1S/C18H21N3O4/c1-11(17(23)19-12-7-8-12)25-16(22)10-9-15-20-14-6-4-3-5-13(14)18(24)21(15)2/h3-6,11-12H,7-10H2,1-2H3,(H,19,23)/t11-/m0/s1. The summed E-state index contributed by atoms with van der Waals surface area (Å²) in [6.07, 6.45) is 1.47. The Morgan fingerprint density at radius 3 is 2.80 bits per heavy atom. The molecule has 25 heavy (non-hydrogen) atoms. The maximum atomic E-state index is 12.3. The zero-order chi connectivity index (χ0) is 18.0. The van der Waals surface area contributed by atoms with Gasteiger partial charge in [0.15, 0.2) is 6.10 Å². The lowest BCUT2D eigenvalue weighted by Crippen LogP contribution is -2.37. The lowest BCUT2D eigenvalue weighted by molar-refractivity contribution is -0.154. The van der Waals surface area contributed by atoms with Crippen molar-refractivity contribution >= 4 is 22.8 Å². The fourth-order valence-electron chi connectivity index (χ4n) is 2.56. The molecule has 1 fully saturated rings. The van der Waals surface area contributed by atoms with Crippen LogP contribution in [0, 0.1) is 0 Å². The van der Waals surface area contributed by atoms with Gasteiger partial charge in [-0.2, -0.15) is 0 Å². The minimum Gasteiger partial charge on any atom is -0.453 e. The average molecular weight is 343 g/mol. The Balaban J connectivity index is 1.62. The molecule has 0 radical (unpaired) electrons. The number of ether oxygens (including phenoxy) is 1. The number of para-hydroxylation sites is 1. The number of rotatable bonds is 6. The van der Waals surface area contributed by atoms with Crippen molar-refractivity contribution in [1.82, 2.24) is 14.9 Å². The van der Waals surface area contributed by atoms with Crippen molar-refractivity contribution in [1.29, 1.82) is 0 Å². The quantitative estimate of drug-likeness (QED) is 0.793. The van der Waals surface area contributed by atoms with Crippen LogP contribution in [0.5, 0.6) is 0 Å². The number of nitrogens with zero attached hydrogens (tertiary/aromatic N) is 2. The molecule has 0 spiro atoms. The van der Waals surface area contributed by atoms with E-state index in [1.54, 1.807) is 32.2 Å². The van der Waals surface area contributed by atoms with Crippen LogP contribution >= 0.6 is 0 Å². The zero-order valence-electron chi connectivity index (χ0n) is 14.3. The molecule has 0 saturated heterocycles. The van der Waals surface area contributed by atoms with Gasteiger partial charge in [-0.1, -0.05) is 12.1 Å². The van der Waals surface area contributed by atoms with E-state index in [4.69, 9.17) is 4.74 Å². The molecule has 3 rings (SSSR count). The van der Waals surface area contributed by atoms with Crippen molar-refractivity contribution in [2.24, 2.45) is 7.05 Å². The van der Waals surface area contributed by atoms with Crippen molar-refractivity contribution in [3.8, 4) is 0 Å². The Morgan fingerprint density at radius 2 is 2.08 bits per heavy atom. The Labute approximate surface area is 145 Å². The minimum atomic E-state index is -0.818. The number of nitrogens with one attached hydrogen (secondary N) is 1. The third-order valence-corrected chi connectivity index (χ3v) is 4.23. The molecule has 7 nitrogen and oxygen atoms in total. The minimum absolute atomic E-state index is 0.0552. The predicted octanol–water partition coefficient (Wildman–Crippen LogP) is 1.08. The van der Waals surface area contributed by atoms with Crippen LogP contribution < -0.4 is 10.9 Å². The number of hydrogen-bond acceptors (Lipinski definition) is 5. The Bertz CT molecular complexity index is 870. The molecule has 1 aromatic heterocycles. The normalized spacial score (nSPS) is 15.0. The molecule has 1 aliphatic carbocycles. The highest BCUT2D eigenvalue weighted by Crippen LogP contribution is 2.18. The molecule has 1 atom stereocenters. The van der Waals surface area contributed by atoms with Gasteiger partial charge in [0.1, 0.15) is 5.82 Å². The van der Waals surface area contributed by atoms with Crippen molar-refractivity contribution in [3.63, 3.8) is 0 Å². The summed E-state index contributed by atoms with van der Waals surface area (Å²) in [6.45, 7) is 1.56. The summed E-state index contributed by atoms with van der Waals surface area (Å²) in [7, 11) is 1.63. The molecule has 0 aliphatic heterocycles. The molecule has 1 N–H and O–H groups in total. The molecule has 1 heterocycles. The second kappa shape index (κ2) is 7.04. The van der Waals surface area contributed by atoms with E-state index in [0.717, 1.165) is 12.8 Å². The van der Waals surface area contributed by atoms with Crippen LogP contribution in [0.4, 0.5) is 0 Å². The van der Waals surface area contributed by atoms with E-state index in [9.17, 15) is 14.4 Å². The summed E-state index contributed by atoms with van der Waals surface area (Å²) in [6, 6.07) is 7.32. The molecule has 1 aromatic carbocycles. The summed E-state index contributed by atoms with van der Waals surface area (Å²) in [5.74, 6) is -0.247. The molecule has 0 bridgehead atoms. The van der Waals surface area contributed by atoms with Crippen LogP contribution in [-0.2, 0) is 27.8 Å². The van der Waals surface area contributed by atoms with Gasteiger partial charge in [0.2, 0.25) is 0 Å². The fourth-order valence-corrected chi connectivity index (χ4v) is 2.56. The zero-order valence-corrected chi connectivity index (χ0v) is 14.3. The van der Waals surface area contributed by atoms with Crippen LogP contribution in [-0.4, -0.2) is 33.6 Å². The van der Waals surface area contributed by atoms with E-state index in [2.05, 4.69) is 10.3 Å². The number of hydrogen-bond donors (Lipinski definition) is 1. The third kappa shape index (κ3) is 4.04. The average Bonchev–Trinajstić information content (AvgIpc) is 3.40. The molecule has 7 heteroatoms. The molecular weight excluding hydrogens is 322 g/mol. The molecule has 2 aromatic rings. The van der Waals surface area contributed by atoms with Crippen molar-refractivity contribution in [2.75, 3.05) is 0 Å². The van der Waals surface area contributed by atoms with Gasteiger partial charge < -0.3 is 10.1 Å². The lowest BCUT2D eigenvalue weighted by atomic mass is 10.2. The number of carbonyl (C=O) groups is 2. The Hall–Kier alpha value is -2.70. The van der Waals surface area contributed by atoms with Gasteiger partial charge in [-0.25, -0.2) is 4.98 Å². The molecular formula is C18H21N3O4. The molecule has 1 amide bonds. The highest BCUT2D eigenvalue weighted by molar-refractivity contribution is 5.83. The fraction of sp³-hybridized carbons (Fsp3) is 0.444. The van der Waals surface area contributed by atoms with Gasteiger partial charge in [-0.05, 0) is 31.9 Å². The summed E-state index contributed by atoms with van der Waals surface area (Å²) in [5, 5.41) is 3.34. The first kappa shape index (κ1) is 17.1. The van der Waals surface area contributed by atoms with Gasteiger partial charge in [-0.15, -0.1) is 0 Å². The highest BCUT2D eigenvalue weighted by atomic mass is 16.5. The first-order valence-electron chi connectivity index (χ1n) is 8.40. The van der Waals surface area contributed by atoms with E-state index in [-0.39, 0.29) is 30.3 Å². The van der Waals surface area contributed by atoms with Crippen LogP contribution in [0.25, 0.3) is 10.9 Å². The van der Waals surface area contributed by atoms with Gasteiger partial charge in [0.25, 0.3) is 11.5 Å². The monoisotopic (exact) mass is 343 g/mol. The maximum absolute atomic E-state index is 12.3. The highest BCUT2D eigenvalue weighted by Gasteiger charge is 2.27. The van der Waals surface area contributed by atoms with Gasteiger partial charge in [-0.3, -0.25) is 19.0 Å². The summed E-state index contributed by atoms with van der Waals surface area (Å²) in [4.78, 5) is 40.5. The summed E-state index contributed by atoms with van der Waals surface area (Å²) in [5.41, 5.74) is 0.456. The summed E-state index contributed by atoms with van der Waals surface area (Å²) >= 11 is 0. The largest absolute Gasteiger partial charge is 0.453 e. The van der Waals surface area contributed by atoms with Crippen molar-refractivity contribution in [2.45, 2.75) is 44.8 Å². The number of fused-ring (bicyclic) bond motifs is 1. The van der Waals surface area contributed by atoms with Crippen LogP contribution in [0.3, 0.4) is 0 Å². The number of aromatic nitrogens is 2. The maximum Gasteiger partial charge on any atom is 0.307 e. The molecule has 0 unspecified atom stereocenters. The van der Waals surface area contributed by atoms with Crippen LogP contribution in [0.1, 0.15) is 32.0 Å². The van der Waals surface area contributed by atoms with Gasteiger partial charge in [0, 0.05) is 19.5 Å². The predicted molar refractivity (Wildman–Crippen MR) is 92.0 cm³/mol. The lowest BCUT2D eigenvalue weighted by Gasteiger charge is -2.13. The van der Waals surface area contributed by atoms with Crippen LogP contribution in [0.15, 0.2) is 29.1 Å². The number of benzene rings is 1. The Morgan fingerprint density at radius 1 is 1.36 bits per heavy atom. The second-order valence-electron chi connectivity index (χ2n) is 6.32. The van der Waals surface area contributed by atoms with E-state index in [0.29, 0.717) is 16.7 Å².